The average Bonchev–Trinajstić information content (AvgIpc) is 2.52. The number of anilines is 1. The molecular weight excluding hydrogens is 154 g/mol. The number of phenols is 1. The van der Waals surface area contributed by atoms with Gasteiger partial charge in [0.25, 0.3) is 0 Å². The zero-order valence-corrected chi connectivity index (χ0v) is 6.92. The predicted molar refractivity (Wildman–Crippen MR) is 46.9 cm³/mol. The molecule has 3 nitrogen and oxygen atoms in total. The zero-order valence-electron chi connectivity index (χ0n) is 6.92. The molecule has 1 aromatic rings. The predicted octanol–water partition coefficient (Wildman–Crippen LogP) is 1.37. The second-order valence-electron chi connectivity index (χ2n) is 2.83. The van der Waals surface area contributed by atoms with Crippen molar-refractivity contribution in [2.45, 2.75) is 6.42 Å². The Morgan fingerprint density at radius 2 is 2.33 bits per heavy atom. The summed E-state index contributed by atoms with van der Waals surface area (Å²) in [6, 6.07) is 3.60. The fraction of sp³-hybridized carbons (Fsp3) is 0.333. The van der Waals surface area contributed by atoms with Crippen LogP contribution in [0.3, 0.4) is 0 Å². The fourth-order valence-electron chi connectivity index (χ4n) is 1.54. The third-order valence-electron chi connectivity index (χ3n) is 2.12. The van der Waals surface area contributed by atoms with Crippen LogP contribution in [0.25, 0.3) is 0 Å². The topological polar surface area (TPSA) is 41.5 Å². The molecule has 1 aliphatic heterocycles. The molecule has 1 heterocycles. The van der Waals surface area contributed by atoms with Crippen molar-refractivity contribution in [1.29, 1.82) is 0 Å². The molecule has 0 aromatic heterocycles. The fourth-order valence-corrected chi connectivity index (χ4v) is 1.54. The maximum atomic E-state index is 9.41. The van der Waals surface area contributed by atoms with Crippen molar-refractivity contribution in [3.8, 4) is 11.5 Å². The van der Waals surface area contributed by atoms with Gasteiger partial charge >= 0.3 is 0 Å². The molecule has 64 valence electrons. The van der Waals surface area contributed by atoms with Crippen molar-refractivity contribution in [3.05, 3.63) is 17.7 Å². The molecular formula is C9H11NO2. The van der Waals surface area contributed by atoms with Crippen LogP contribution in [0.2, 0.25) is 0 Å². The van der Waals surface area contributed by atoms with E-state index in [-0.39, 0.29) is 5.75 Å². The molecule has 0 radical (unpaired) electrons. The summed E-state index contributed by atoms with van der Waals surface area (Å²) in [6.45, 7) is 0.926. The van der Waals surface area contributed by atoms with Crippen LogP contribution in [0, 0.1) is 0 Å². The number of aromatic hydroxyl groups is 1. The highest BCUT2D eigenvalue weighted by Gasteiger charge is 2.17. The van der Waals surface area contributed by atoms with Crippen LogP contribution >= 0.6 is 0 Å². The van der Waals surface area contributed by atoms with E-state index in [1.165, 1.54) is 5.56 Å². The maximum Gasteiger partial charge on any atom is 0.183 e. The Hall–Kier alpha value is -1.38. The van der Waals surface area contributed by atoms with E-state index in [2.05, 4.69) is 5.32 Å². The number of hydrogen-bond donors (Lipinski definition) is 2. The number of fused-ring (bicyclic) bond motifs is 1. The third kappa shape index (κ3) is 0.897. The van der Waals surface area contributed by atoms with Crippen molar-refractivity contribution in [3.63, 3.8) is 0 Å². The Labute approximate surface area is 71.0 Å². The van der Waals surface area contributed by atoms with E-state index in [4.69, 9.17) is 4.74 Å². The number of hydrogen-bond acceptors (Lipinski definition) is 3. The molecule has 0 aliphatic carbocycles. The van der Waals surface area contributed by atoms with E-state index in [0.29, 0.717) is 5.75 Å². The number of ether oxygens (including phenoxy) is 1. The molecule has 0 saturated carbocycles. The van der Waals surface area contributed by atoms with Gasteiger partial charge in [-0.3, -0.25) is 0 Å². The van der Waals surface area contributed by atoms with E-state index >= 15 is 0 Å². The lowest BCUT2D eigenvalue weighted by Crippen LogP contribution is -1.94. The minimum absolute atomic E-state index is 0.200. The van der Waals surface area contributed by atoms with Crippen LogP contribution in [0.15, 0.2) is 12.1 Å². The van der Waals surface area contributed by atoms with Gasteiger partial charge in [0.2, 0.25) is 0 Å². The molecule has 0 fully saturated rings. The van der Waals surface area contributed by atoms with Gasteiger partial charge in [-0.1, -0.05) is 6.07 Å². The number of methoxy groups -OCH3 is 1. The molecule has 3 heteroatoms. The van der Waals surface area contributed by atoms with E-state index in [9.17, 15) is 5.11 Å². The molecule has 0 amide bonds. The van der Waals surface area contributed by atoms with Crippen LogP contribution in [0.5, 0.6) is 11.5 Å². The first-order valence-electron chi connectivity index (χ1n) is 3.95. The quantitative estimate of drug-likeness (QED) is 0.660. The molecule has 0 spiro atoms. The van der Waals surface area contributed by atoms with E-state index in [1.807, 2.05) is 6.07 Å². The van der Waals surface area contributed by atoms with Crippen molar-refractivity contribution < 1.29 is 9.84 Å². The summed E-state index contributed by atoms with van der Waals surface area (Å²) in [6.07, 6.45) is 1.01. The Balaban J connectivity index is 2.57. The van der Waals surface area contributed by atoms with Gasteiger partial charge in [0.05, 0.1) is 12.8 Å². The summed E-state index contributed by atoms with van der Waals surface area (Å²) in [5.74, 6) is 0.760. The van der Waals surface area contributed by atoms with Gasteiger partial charge in [0.15, 0.2) is 11.5 Å². The first-order valence-corrected chi connectivity index (χ1v) is 3.95. The normalized spacial score (nSPS) is 13.8. The van der Waals surface area contributed by atoms with Crippen LogP contribution in [0.4, 0.5) is 5.69 Å². The number of benzene rings is 1. The van der Waals surface area contributed by atoms with Crippen molar-refractivity contribution in [2.24, 2.45) is 0 Å². The molecule has 0 atom stereocenters. The number of nitrogens with one attached hydrogen (secondary N) is 1. The molecule has 12 heavy (non-hydrogen) atoms. The Morgan fingerprint density at radius 1 is 1.50 bits per heavy atom. The van der Waals surface area contributed by atoms with E-state index < -0.39 is 0 Å². The summed E-state index contributed by atoms with van der Waals surface area (Å²) < 4.78 is 5.08. The Morgan fingerprint density at radius 3 is 3.08 bits per heavy atom. The summed E-state index contributed by atoms with van der Waals surface area (Å²) in [7, 11) is 1.56. The van der Waals surface area contributed by atoms with Gasteiger partial charge in [-0.2, -0.15) is 0 Å². The zero-order chi connectivity index (χ0) is 8.55. The summed E-state index contributed by atoms with van der Waals surface area (Å²) in [5, 5.41) is 12.6. The standard InChI is InChI=1S/C9H11NO2/c1-12-9-7(11)3-2-6-4-5-10-8(6)9/h2-3,10-11H,4-5H2,1H3. The molecule has 0 saturated heterocycles. The lowest BCUT2D eigenvalue weighted by atomic mass is 10.1. The second kappa shape index (κ2) is 2.59. The number of rotatable bonds is 1. The van der Waals surface area contributed by atoms with Crippen LogP contribution in [-0.4, -0.2) is 18.8 Å². The first kappa shape index (κ1) is 7.28. The van der Waals surface area contributed by atoms with E-state index in [0.717, 1.165) is 18.7 Å². The Bertz CT molecular complexity index is 310. The third-order valence-corrected chi connectivity index (χ3v) is 2.12. The highest BCUT2D eigenvalue weighted by molar-refractivity contribution is 5.69. The smallest absolute Gasteiger partial charge is 0.183 e. The van der Waals surface area contributed by atoms with E-state index in [1.54, 1.807) is 13.2 Å². The highest BCUT2D eigenvalue weighted by Crippen LogP contribution is 2.39. The summed E-state index contributed by atoms with van der Waals surface area (Å²) >= 11 is 0. The van der Waals surface area contributed by atoms with Gasteiger partial charge in [0.1, 0.15) is 0 Å². The van der Waals surface area contributed by atoms with Crippen molar-refractivity contribution in [1.82, 2.24) is 0 Å². The lowest BCUT2D eigenvalue weighted by molar-refractivity contribution is 0.375. The Kier molecular flexibility index (Phi) is 1.57. The van der Waals surface area contributed by atoms with Crippen LogP contribution in [-0.2, 0) is 6.42 Å². The molecule has 2 rings (SSSR count). The first-order chi connectivity index (χ1) is 5.83. The van der Waals surface area contributed by atoms with Gasteiger partial charge in [0, 0.05) is 6.54 Å². The van der Waals surface area contributed by atoms with Crippen LogP contribution in [0.1, 0.15) is 5.56 Å². The van der Waals surface area contributed by atoms with Crippen LogP contribution < -0.4 is 10.1 Å². The minimum Gasteiger partial charge on any atom is -0.504 e. The summed E-state index contributed by atoms with van der Waals surface area (Å²) in [4.78, 5) is 0. The average molecular weight is 165 g/mol. The highest BCUT2D eigenvalue weighted by atomic mass is 16.5. The molecule has 0 unspecified atom stereocenters. The molecule has 1 aromatic carbocycles. The summed E-state index contributed by atoms with van der Waals surface area (Å²) in [5.41, 5.74) is 2.15. The molecule has 0 bridgehead atoms. The SMILES string of the molecule is COc1c(O)ccc2c1NCC2. The lowest BCUT2D eigenvalue weighted by Gasteiger charge is -2.08. The van der Waals surface area contributed by atoms with Gasteiger partial charge in [-0.05, 0) is 18.1 Å². The minimum atomic E-state index is 0.200. The van der Waals surface area contributed by atoms with Gasteiger partial charge < -0.3 is 15.2 Å². The van der Waals surface area contributed by atoms with Gasteiger partial charge in [-0.25, -0.2) is 0 Å². The molecule has 2 N–H and O–H groups in total. The van der Waals surface area contributed by atoms with Crippen molar-refractivity contribution >= 4 is 5.69 Å². The molecule has 1 aliphatic rings. The monoisotopic (exact) mass is 165 g/mol. The maximum absolute atomic E-state index is 9.41. The number of phenolic OH excluding ortho intramolecular Hbond substituents is 1. The second-order valence-corrected chi connectivity index (χ2v) is 2.83. The van der Waals surface area contributed by atoms with Gasteiger partial charge in [-0.15, -0.1) is 0 Å². The largest absolute Gasteiger partial charge is 0.504 e. The van der Waals surface area contributed by atoms with Crippen molar-refractivity contribution in [2.75, 3.05) is 19.0 Å².